The van der Waals surface area contributed by atoms with Crippen molar-refractivity contribution in [2.45, 2.75) is 32.3 Å². The monoisotopic (exact) mass is 308 g/mol. The second kappa shape index (κ2) is 6.07. The predicted molar refractivity (Wildman–Crippen MR) is 72.0 cm³/mol. The van der Waals surface area contributed by atoms with Crippen LogP contribution in [0.3, 0.4) is 0 Å². The van der Waals surface area contributed by atoms with Gasteiger partial charge >= 0.3 is 5.97 Å². The summed E-state index contributed by atoms with van der Waals surface area (Å²) < 4.78 is 13.5. The Morgan fingerprint density at radius 3 is 2.47 bits per heavy atom. The quantitative estimate of drug-likeness (QED) is 0.813. The molecule has 3 nitrogen and oxygen atoms in total. The van der Waals surface area contributed by atoms with Crippen LogP contribution in [0, 0.1) is 11.7 Å². The van der Waals surface area contributed by atoms with Crippen LogP contribution < -0.4 is 0 Å². The molecule has 6 heteroatoms. The number of carboxylic acids is 1. The van der Waals surface area contributed by atoms with Crippen LogP contribution in [0.25, 0.3) is 0 Å². The third kappa shape index (κ3) is 3.38. The highest BCUT2D eigenvalue weighted by Gasteiger charge is 2.40. The number of hydrogen-bond acceptors (Lipinski definition) is 2. The molecular weight excluding hydrogens is 294 g/mol. The van der Waals surface area contributed by atoms with Crippen LogP contribution in [0.5, 0.6) is 0 Å². The fraction of sp³-hybridized carbons (Fsp3) is 0.462. The zero-order valence-corrected chi connectivity index (χ0v) is 12.1. The maximum Gasteiger partial charge on any atom is 0.309 e. The SMILES string of the molecule is CCCC(C(=O)O)C(C)(O)c1cc(F)c(Cl)cc1Cl. The normalized spacial score (nSPS) is 15.9. The maximum atomic E-state index is 13.5. The molecule has 0 fully saturated rings. The van der Waals surface area contributed by atoms with E-state index < -0.39 is 23.3 Å². The first-order valence-electron chi connectivity index (χ1n) is 5.82. The molecule has 0 aromatic heterocycles. The van der Waals surface area contributed by atoms with E-state index in [9.17, 15) is 19.4 Å². The Kier molecular flexibility index (Phi) is 5.18. The number of carboxylic acid groups (broad SMARTS) is 1. The van der Waals surface area contributed by atoms with Gasteiger partial charge in [-0.2, -0.15) is 0 Å². The minimum Gasteiger partial charge on any atom is -0.481 e. The predicted octanol–water partition coefficient (Wildman–Crippen LogP) is 3.84. The summed E-state index contributed by atoms with van der Waals surface area (Å²) in [4.78, 5) is 11.2. The molecule has 0 saturated carbocycles. The van der Waals surface area contributed by atoms with Gasteiger partial charge in [-0.15, -0.1) is 0 Å². The zero-order valence-electron chi connectivity index (χ0n) is 10.6. The van der Waals surface area contributed by atoms with Gasteiger partial charge in [0.05, 0.1) is 10.9 Å². The summed E-state index contributed by atoms with van der Waals surface area (Å²) in [5.74, 6) is -2.98. The lowest BCUT2D eigenvalue weighted by atomic mass is 9.80. The van der Waals surface area contributed by atoms with Crippen molar-refractivity contribution in [2.24, 2.45) is 5.92 Å². The van der Waals surface area contributed by atoms with Crippen molar-refractivity contribution in [3.8, 4) is 0 Å². The molecule has 0 amide bonds. The van der Waals surface area contributed by atoms with Gasteiger partial charge in [-0.3, -0.25) is 4.79 Å². The zero-order chi connectivity index (χ0) is 14.8. The van der Waals surface area contributed by atoms with Gasteiger partial charge in [0.25, 0.3) is 0 Å². The van der Waals surface area contributed by atoms with Crippen LogP contribution in [0.1, 0.15) is 32.3 Å². The van der Waals surface area contributed by atoms with E-state index in [4.69, 9.17) is 23.2 Å². The van der Waals surface area contributed by atoms with Crippen molar-refractivity contribution >= 4 is 29.2 Å². The largest absolute Gasteiger partial charge is 0.481 e. The van der Waals surface area contributed by atoms with E-state index in [1.54, 1.807) is 6.92 Å². The van der Waals surface area contributed by atoms with Crippen molar-refractivity contribution in [1.29, 1.82) is 0 Å². The van der Waals surface area contributed by atoms with E-state index in [0.717, 1.165) is 12.1 Å². The molecule has 0 radical (unpaired) electrons. The van der Waals surface area contributed by atoms with Crippen molar-refractivity contribution < 1.29 is 19.4 Å². The van der Waals surface area contributed by atoms with E-state index in [-0.39, 0.29) is 22.0 Å². The highest BCUT2D eigenvalue weighted by molar-refractivity contribution is 6.35. The van der Waals surface area contributed by atoms with Crippen LogP contribution in [-0.4, -0.2) is 16.2 Å². The van der Waals surface area contributed by atoms with Gasteiger partial charge in [-0.05, 0) is 25.5 Å². The van der Waals surface area contributed by atoms with Crippen molar-refractivity contribution in [1.82, 2.24) is 0 Å². The van der Waals surface area contributed by atoms with E-state index in [2.05, 4.69) is 0 Å². The molecular formula is C13H15Cl2FO3. The van der Waals surface area contributed by atoms with E-state index in [1.807, 2.05) is 0 Å². The summed E-state index contributed by atoms with van der Waals surface area (Å²) >= 11 is 11.5. The number of benzene rings is 1. The topological polar surface area (TPSA) is 57.5 Å². The Morgan fingerprint density at radius 1 is 1.42 bits per heavy atom. The third-order valence-corrected chi connectivity index (χ3v) is 3.71. The van der Waals surface area contributed by atoms with Crippen molar-refractivity contribution in [3.63, 3.8) is 0 Å². The van der Waals surface area contributed by atoms with Gasteiger partial charge < -0.3 is 10.2 Å². The number of carbonyl (C=O) groups is 1. The van der Waals surface area contributed by atoms with Crippen LogP contribution in [0.2, 0.25) is 10.0 Å². The molecule has 1 aromatic carbocycles. The summed E-state index contributed by atoms with van der Waals surface area (Å²) in [5.41, 5.74) is -1.75. The average Bonchev–Trinajstić information content (AvgIpc) is 2.29. The molecule has 0 aliphatic carbocycles. The number of aliphatic hydroxyl groups is 1. The molecule has 0 spiro atoms. The molecule has 2 N–H and O–H groups in total. The molecule has 0 aliphatic heterocycles. The first-order valence-corrected chi connectivity index (χ1v) is 6.57. The average molecular weight is 309 g/mol. The van der Waals surface area contributed by atoms with Gasteiger partial charge in [0.2, 0.25) is 0 Å². The van der Waals surface area contributed by atoms with Crippen LogP contribution in [-0.2, 0) is 10.4 Å². The Labute approximate surface area is 121 Å². The lowest BCUT2D eigenvalue weighted by molar-refractivity contribution is -0.152. The Hall–Kier alpha value is -0.840. The first kappa shape index (κ1) is 16.2. The lowest BCUT2D eigenvalue weighted by Gasteiger charge is -2.31. The number of halogens is 3. The highest BCUT2D eigenvalue weighted by Crippen LogP contribution is 2.38. The highest BCUT2D eigenvalue weighted by atomic mass is 35.5. The van der Waals surface area contributed by atoms with Crippen LogP contribution in [0.15, 0.2) is 12.1 Å². The number of aliphatic carboxylic acids is 1. The molecule has 0 saturated heterocycles. The summed E-state index contributed by atoms with van der Waals surface area (Å²) in [7, 11) is 0. The van der Waals surface area contributed by atoms with E-state index >= 15 is 0 Å². The number of rotatable bonds is 5. The third-order valence-electron chi connectivity index (χ3n) is 3.11. The summed E-state index contributed by atoms with van der Waals surface area (Å²) in [5, 5.41) is 19.5. The molecule has 0 heterocycles. The Balaban J connectivity index is 3.32. The Bertz CT molecular complexity index is 489. The molecule has 1 aromatic rings. The summed E-state index contributed by atoms with van der Waals surface area (Å²) in [6, 6.07) is 2.14. The van der Waals surface area contributed by atoms with Crippen LogP contribution in [0.4, 0.5) is 4.39 Å². The van der Waals surface area contributed by atoms with Crippen molar-refractivity contribution in [2.75, 3.05) is 0 Å². The van der Waals surface area contributed by atoms with E-state index in [1.165, 1.54) is 6.92 Å². The molecule has 1 rings (SSSR count). The van der Waals surface area contributed by atoms with Crippen molar-refractivity contribution in [3.05, 3.63) is 33.6 Å². The molecule has 106 valence electrons. The van der Waals surface area contributed by atoms with E-state index in [0.29, 0.717) is 6.42 Å². The second-order valence-corrected chi connectivity index (χ2v) is 5.39. The van der Waals surface area contributed by atoms with Gasteiger partial charge in [0.1, 0.15) is 11.4 Å². The smallest absolute Gasteiger partial charge is 0.309 e. The maximum absolute atomic E-state index is 13.5. The number of hydrogen-bond donors (Lipinski definition) is 2. The van der Waals surface area contributed by atoms with Gasteiger partial charge in [-0.1, -0.05) is 36.5 Å². The van der Waals surface area contributed by atoms with Crippen LogP contribution >= 0.6 is 23.2 Å². The standard InChI is InChI=1S/C13H15Cl2FO3/c1-3-4-7(12(17)18)13(2,19)8-5-11(16)10(15)6-9(8)14/h5-7,19H,3-4H2,1-2H3,(H,17,18). The fourth-order valence-electron chi connectivity index (χ4n) is 2.03. The molecule has 2 unspecified atom stereocenters. The van der Waals surface area contributed by atoms with Gasteiger partial charge in [0, 0.05) is 10.6 Å². The van der Waals surface area contributed by atoms with Gasteiger partial charge in [-0.25, -0.2) is 4.39 Å². The molecule has 0 aliphatic rings. The fourth-order valence-corrected chi connectivity index (χ4v) is 2.61. The minimum atomic E-state index is -1.77. The minimum absolute atomic E-state index is 0.0249. The summed E-state index contributed by atoms with van der Waals surface area (Å²) in [6.45, 7) is 3.12. The second-order valence-electron chi connectivity index (χ2n) is 4.57. The van der Waals surface area contributed by atoms with Gasteiger partial charge in [0.15, 0.2) is 0 Å². The molecule has 19 heavy (non-hydrogen) atoms. The molecule has 2 atom stereocenters. The molecule has 0 bridgehead atoms. The summed E-state index contributed by atoms with van der Waals surface area (Å²) in [6.07, 6.45) is 0.823. The Morgan fingerprint density at radius 2 is 2.00 bits per heavy atom. The first-order chi connectivity index (χ1) is 8.71. The lowest BCUT2D eigenvalue weighted by Crippen LogP contribution is -2.37.